The predicted octanol–water partition coefficient (Wildman–Crippen LogP) is 3.69. The minimum absolute atomic E-state index is 0.519. The van der Waals surface area contributed by atoms with Crippen LogP contribution in [-0.4, -0.2) is 24.6 Å². The Kier molecular flexibility index (Phi) is 4.31. The lowest BCUT2D eigenvalue weighted by molar-refractivity contribution is 0.613. The minimum Gasteiger partial charge on any atom is -0.453 e. The number of aryl methyl sites for hydroxylation is 1. The van der Waals surface area contributed by atoms with Crippen LogP contribution in [-0.2, 0) is 0 Å². The van der Waals surface area contributed by atoms with Crippen molar-refractivity contribution in [1.82, 2.24) is 4.98 Å². The maximum atomic E-state index is 6.22. The molecule has 1 aliphatic carbocycles. The van der Waals surface area contributed by atoms with Crippen LogP contribution in [0.15, 0.2) is 51.9 Å². The molecule has 132 valence electrons. The number of nitrogens with zero attached hydrogens (tertiary/aromatic N) is 2. The molecule has 0 aromatic heterocycles. The third kappa shape index (κ3) is 2.80. The summed E-state index contributed by atoms with van der Waals surface area (Å²) >= 11 is 0. The van der Waals surface area contributed by atoms with Crippen molar-refractivity contribution in [2.24, 2.45) is 10.7 Å². The molecule has 1 heterocycles. The summed E-state index contributed by atoms with van der Waals surface area (Å²) in [6, 6.07) is 14.2. The van der Waals surface area contributed by atoms with Gasteiger partial charge in [-0.2, -0.15) is 0 Å². The van der Waals surface area contributed by atoms with Crippen LogP contribution < -0.4 is 16.4 Å². The first kappa shape index (κ1) is 16.5. The molecule has 2 aromatic rings. The van der Waals surface area contributed by atoms with Crippen LogP contribution in [0, 0.1) is 6.92 Å². The Labute approximate surface area is 151 Å². The summed E-state index contributed by atoms with van der Waals surface area (Å²) in [5, 5.41) is 6.36. The molecule has 5 nitrogen and oxygen atoms in total. The molecule has 0 saturated heterocycles. The van der Waals surface area contributed by atoms with Gasteiger partial charge in [-0.15, -0.1) is 0 Å². The number of hydrogen-bond acceptors (Lipinski definition) is 5. The van der Waals surface area contributed by atoms with Crippen molar-refractivity contribution >= 4 is 27.6 Å². The molecule has 3 N–H and O–H groups in total. The Bertz CT molecular complexity index is 1130. The van der Waals surface area contributed by atoms with Crippen LogP contribution in [0.3, 0.4) is 0 Å². The summed E-state index contributed by atoms with van der Waals surface area (Å²) in [6.45, 7) is 6.12. The number of anilines is 1. The Morgan fingerprint density at radius 1 is 1.15 bits per heavy atom. The van der Waals surface area contributed by atoms with E-state index in [-0.39, 0.29) is 0 Å². The number of rotatable bonds is 4. The number of benzene rings is 3. The van der Waals surface area contributed by atoms with E-state index in [1.165, 1.54) is 0 Å². The third-order valence-electron chi connectivity index (χ3n) is 4.50. The molecule has 0 bridgehead atoms. The molecule has 0 spiro atoms. The SMILES string of the molecule is CCNc1cc2oc3cc(=NCCN)c4ccccc4c-3nc2cc1C. The molecular formula is C21H22N4O. The fourth-order valence-corrected chi connectivity index (χ4v) is 3.29. The van der Waals surface area contributed by atoms with Gasteiger partial charge >= 0.3 is 0 Å². The summed E-state index contributed by atoms with van der Waals surface area (Å²) < 4.78 is 6.22. The van der Waals surface area contributed by atoms with E-state index in [0.717, 1.165) is 56.5 Å². The van der Waals surface area contributed by atoms with E-state index in [4.69, 9.17) is 15.1 Å². The number of nitrogens with two attached hydrogens (primary N) is 1. The number of aromatic nitrogens is 1. The smallest absolute Gasteiger partial charge is 0.155 e. The first-order valence-corrected chi connectivity index (χ1v) is 8.92. The largest absolute Gasteiger partial charge is 0.453 e. The summed E-state index contributed by atoms with van der Waals surface area (Å²) in [7, 11) is 0. The second kappa shape index (κ2) is 6.77. The lowest BCUT2D eigenvalue weighted by Gasteiger charge is -2.13. The quantitative estimate of drug-likeness (QED) is 0.436. The van der Waals surface area contributed by atoms with E-state index >= 15 is 0 Å². The van der Waals surface area contributed by atoms with Gasteiger partial charge in [0.15, 0.2) is 11.3 Å². The van der Waals surface area contributed by atoms with Crippen molar-refractivity contribution in [1.29, 1.82) is 0 Å². The molecule has 4 rings (SSSR count). The number of nitrogens with one attached hydrogen (secondary N) is 1. The minimum atomic E-state index is 0.519. The highest BCUT2D eigenvalue weighted by molar-refractivity contribution is 5.96. The highest BCUT2D eigenvalue weighted by atomic mass is 16.3. The fourth-order valence-electron chi connectivity index (χ4n) is 3.29. The van der Waals surface area contributed by atoms with Gasteiger partial charge in [0.25, 0.3) is 0 Å². The van der Waals surface area contributed by atoms with Gasteiger partial charge < -0.3 is 15.5 Å². The second-order valence-corrected chi connectivity index (χ2v) is 6.34. The van der Waals surface area contributed by atoms with Crippen molar-refractivity contribution in [3.8, 4) is 11.5 Å². The Hall–Kier alpha value is -2.92. The van der Waals surface area contributed by atoms with Gasteiger partial charge in [-0.1, -0.05) is 24.3 Å². The molecule has 0 atom stereocenters. The monoisotopic (exact) mass is 346 g/mol. The first-order valence-electron chi connectivity index (χ1n) is 8.92. The highest BCUT2D eigenvalue weighted by Crippen LogP contribution is 2.32. The summed E-state index contributed by atoms with van der Waals surface area (Å²) in [6.07, 6.45) is 0. The van der Waals surface area contributed by atoms with Crippen LogP contribution in [0.2, 0.25) is 0 Å². The molecule has 0 fully saturated rings. The van der Waals surface area contributed by atoms with Gasteiger partial charge in [-0.3, -0.25) is 4.99 Å². The predicted molar refractivity (Wildman–Crippen MR) is 107 cm³/mol. The average Bonchev–Trinajstić information content (AvgIpc) is 2.66. The molecule has 0 saturated carbocycles. The van der Waals surface area contributed by atoms with Gasteiger partial charge in [0.05, 0.1) is 11.9 Å². The van der Waals surface area contributed by atoms with Crippen molar-refractivity contribution in [3.05, 3.63) is 53.4 Å². The van der Waals surface area contributed by atoms with E-state index in [0.29, 0.717) is 13.1 Å². The number of hydrogen-bond donors (Lipinski definition) is 2. The zero-order valence-electron chi connectivity index (χ0n) is 15.0. The maximum absolute atomic E-state index is 6.22. The van der Waals surface area contributed by atoms with E-state index in [1.807, 2.05) is 24.3 Å². The highest BCUT2D eigenvalue weighted by Gasteiger charge is 2.15. The van der Waals surface area contributed by atoms with E-state index in [1.54, 1.807) is 0 Å². The zero-order valence-corrected chi connectivity index (χ0v) is 15.0. The standard InChI is InChI=1S/C21H22N4O/c1-3-23-16-11-19-18(10-13(16)2)25-21-15-7-5-4-6-14(15)17(24-9-8-22)12-20(21)26-19/h4-7,10-12,23H,3,8-9,22H2,1-2H3. The second-order valence-electron chi connectivity index (χ2n) is 6.34. The van der Waals surface area contributed by atoms with E-state index in [9.17, 15) is 0 Å². The fraction of sp³-hybridized carbons (Fsp3) is 0.238. The van der Waals surface area contributed by atoms with Gasteiger partial charge in [0.1, 0.15) is 11.2 Å². The Morgan fingerprint density at radius 2 is 1.96 bits per heavy atom. The lowest BCUT2D eigenvalue weighted by atomic mass is 10.0. The maximum Gasteiger partial charge on any atom is 0.155 e. The van der Waals surface area contributed by atoms with Crippen LogP contribution in [0.4, 0.5) is 5.69 Å². The van der Waals surface area contributed by atoms with Gasteiger partial charge in [-0.05, 0) is 25.5 Å². The third-order valence-corrected chi connectivity index (χ3v) is 4.50. The zero-order chi connectivity index (χ0) is 18.1. The Balaban J connectivity index is 2.07. The average molecular weight is 346 g/mol. The molecule has 1 aliphatic heterocycles. The van der Waals surface area contributed by atoms with Crippen molar-refractivity contribution in [2.75, 3.05) is 25.0 Å². The summed E-state index contributed by atoms with van der Waals surface area (Å²) in [4.78, 5) is 9.52. The normalized spacial score (nSPS) is 12.3. The first-order chi connectivity index (χ1) is 12.7. The summed E-state index contributed by atoms with van der Waals surface area (Å²) in [5.74, 6) is 0.735. The molecule has 2 aromatic carbocycles. The van der Waals surface area contributed by atoms with Gasteiger partial charge in [0.2, 0.25) is 0 Å². The Morgan fingerprint density at radius 3 is 2.73 bits per heavy atom. The van der Waals surface area contributed by atoms with Crippen molar-refractivity contribution < 1.29 is 4.42 Å². The molecule has 26 heavy (non-hydrogen) atoms. The van der Waals surface area contributed by atoms with Gasteiger partial charge in [0, 0.05) is 41.7 Å². The lowest BCUT2D eigenvalue weighted by Crippen LogP contribution is -2.11. The van der Waals surface area contributed by atoms with Crippen molar-refractivity contribution in [2.45, 2.75) is 13.8 Å². The molecular weight excluding hydrogens is 324 g/mol. The molecule has 0 radical (unpaired) electrons. The molecule has 2 aliphatic rings. The molecule has 5 heteroatoms. The van der Waals surface area contributed by atoms with Gasteiger partial charge in [-0.25, -0.2) is 4.98 Å². The van der Waals surface area contributed by atoms with Crippen molar-refractivity contribution in [3.63, 3.8) is 0 Å². The number of fused-ring (bicyclic) bond motifs is 4. The van der Waals surface area contributed by atoms with Crippen LogP contribution in [0.5, 0.6) is 0 Å². The van der Waals surface area contributed by atoms with Crippen LogP contribution >= 0.6 is 0 Å². The summed E-state index contributed by atoms with van der Waals surface area (Å²) in [5.41, 5.74) is 10.3. The molecule has 0 unspecified atom stereocenters. The van der Waals surface area contributed by atoms with Crippen LogP contribution in [0.25, 0.3) is 33.3 Å². The molecule has 0 amide bonds. The van der Waals surface area contributed by atoms with Crippen LogP contribution in [0.1, 0.15) is 12.5 Å². The van der Waals surface area contributed by atoms with E-state index in [2.05, 4.69) is 42.4 Å². The van der Waals surface area contributed by atoms with E-state index < -0.39 is 0 Å². The topological polar surface area (TPSA) is 76.4 Å².